The van der Waals surface area contributed by atoms with Gasteiger partial charge in [0.05, 0.1) is 27.5 Å². The van der Waals surface area contributed by atoms with Crippen molar-refractivity contribution >= 4 is 33.7 Å². The van der Waals surface area contributed by atoms with Crippen LogP contribution in [0.2, 0.25) is 0 Å². The van der Waals surface area contributed by atoms with Crippen molar-refractivity contribution in [2.75, 3.05) is 0 Å². The van der Waals surface area contributed by atoms with E-state index in [4.69, 9.17) is 4.74 Å². The molecule has 192 valence electrons. The average molecular weight is 517 g/mol. The SMILES string of the molecule is O=C(Oc1cccc2c1c(C(=O)O)cn2Cc1ccccc1)c1cn(Cc2ccccc2)c2cc(O)ccc12. The topological polar surface area (TPSA) is 93.7 Å². The Morgan fingerprint density at radius 2 is 1.31 bits per heavy atom. The number of carboxylic acid groups (broad SMARTS) is 1. The number of phenols is 1. The van der Waals surface area contributed by atoms with E-state index in [2.05, 4.69) is 0 Å². The number of nitrogens with zero attached hydrogens (tertiary/aromatic N) is 2. The molecular formula is C32H24N2O5. The summed E-state index contributed by atoms with van der Waals surface area (Å²) in [5, 5.41) is 21.1. The summed E-state index contributed by atoms with van der Waals surface area (Å²) in [7, 11) is 0. The van der Waals surface area contributed by atoms with Crippen molar-refractivity contribution < 1.29 is 24.5 Å². The van der Waals surface area contributed by atoms with E-state index in [9.17, 15) is 19.8 Å². The van der Waals surface area contributed by atoms with Crippen LogP contribution in [0.25, 0.3) is 21.8 Å². The lowest BCUT2D eigenvalue weighted by molar-refractivity contribution is 0.0692. The summed E-state index contributed by atoms with van der Waals surface area (Å²) < 4.78 is 9.62. The highest BCUT2D eigenvalue weighted by atomic mass is 16.5. The third kappa shape index (κ3) is 4.62. The monoisotopic (exact) mass is 516 g/mol. The molecule has 6 rings (SSSR count). The van der Waals surface area contributed by atoms with Crippen LogP contribution < -0.4 is 4.74 Å². The fraction of sp³-hybridized carbons (Fsp3) is 0.0625. The molecule has 0 aliphatic heterocycles. The lowest BCUT2D eigenvalue weighted by Crippen LogP contribution is -2.09. The summed E-state index contributed by atoms with van der Waals surface area (Å²) in [6, 6.07) is 29.5. The number of esters is 1. The van der Waals surface area contributed by atoms with Crippen molar-refractivity contribution in [3.63, 3.8) is 0 Å². The lowest BCUT2D eigenvalue weighted by atomic mass is 10.1. The molecule has 0 aliphatic rings. The maximum absolute atomic E-state index is 13.5. The zero-order valence-electron chi connectivity index (χ0n) is 20.8. The molecule has 0 aliphatic carbocycles. The van der Waals surface area contributed by atoms with E-state index in [0.29, 0.717) is 40.5 Å². The molecule has 39 heavy (non-hydrogen) atoms. The van der Waals surface area contributed by atoms with Gasteiger partial charge in [-0.25, -0.2) is 9.59 Å². The molecule has 7 nitrogen and oxygen atoms in total. The van der Waals surface area contributed by atoms with Gasteiger partial charge in [-0.05, 0) is 35.4 Å². The van der Waals surface area contributed by atoms with Crippen molar-refractivity contribution in [2.24, 2.45) is 0 Å². The Kier molecular flexibility index (Phi) is 6.09. The van der Waals surface area contributed by atoms with Crippen LogP contribution in [0.5, 0.6) is 11.5 Å². The van der Waals surface area contributed by atoms with Crippen LogP contribution in [0, 0.1) is 0 Å². The highest BCUT2D eigenvalue weighted by molar-refractivity contribution is 6.09. The second kappa shape index (κ2) is 9.87. The molecule has 2 aromatic heterocycles. The number of carbonyl (C=O) groups excluding carboxylic acids is 1. The summed E-state index contributed by atoms with van der Waals surface area (Å²) in [6.07, 6.45) is 3.28. The van der Waals surface area contributed by atoms with Crippen molar-refractivity contribution in [1.29, 1.82) is 0 Å². The number of benzene rings is 4. The first-order chi connectivity index (χ1) is 19.0. The number of aromatic nitrogens is 2. The Bertz CT molecular complexity index is 1840. The smallest absolute Gasteiger partial charge is 0.345 e. The molecular weight excluding hydrogens is 492 g/mol. The molecule has 0 amide bonds. The zero-order chi connectivity index (χ0) is 26.9. The number of hydrogen-bond donors (Lipinski definition) is 2. The number of fused-ring (bicyclic) bond motifs is 2. The first-order valence-corrected chi connectivity index (χ1v) is 12.4. The standard InChI is InChI=1S/C32H24N2O5/c35-23-14-15-24-25(19-34(28(24)16-23)18-22-10-5-2-6-11-22)32(38)39-29-13-7-12-27-30(29)26(31(36)37)20-33(27)17-21-8-3-1-4-9-21/h1-16,19-20,35H,17-18H2,(H,36,37). The third-order valence-electron chi connectivity index (χ3n) is 6.78. The van der Waals surface area contributed by atoms with Crippen molar-refractivity contribution in [3.05, 3.63) is 132 Å². The van der Waals surface area contributed by atoms with E-state index in [0.717, 1.165) is 11.1 Å². The number of rotatable bonds is 7. The maximum Gasteiger partial charge on any atom is 0.345 e. The highest BCUT2D eigenvalue weighted by Crippen LogP contribution is 2.33. The Morgan fingerprint density at radius 3 is 1.95 bits per heavy atom. The van der Waals surface area contributed by atoms with Crippen LogP contribution in [0.4, 0.5) is 0 Å². The van der Waals surface area contributed by atoms with Crippen LogP contribution in [0.15, 0.2) is 109 Å². The quantitative estimate of drug-likeness (QED) is 0.191. The first-order valence-electron chi connectivity index (χ1n) is 12.4. The number of ether oxygens (including phenoxy) is 1. The number of carbonyl (C=O) groups is 2. The molecule has 2 N–H and O–H groups in total. The number of phenolic OH excluding ortho intramolecular Hbond substituents is 1. The van der Waals surface area contributed by atoms with E-state index in [-0.39, 0.29) is 17.1 Å². The molecule has 0 saturated heterocycles. The Balaban J connectivity index is 1.40. The summed E-state index contributed by atoms with van der Waals surface area (Å²) in [4.78, 5) is 25.7. The Morgan fingerprint density at radius 1 is 0.692 bits per heavy atom. The summed E-state index contributed by atoms with van der Waals surface area (Å²) in [5.74, 6) is -1.46. The molecule has 4 aromatic carbocycles. The van der Waals surface area contributed by atoms with E-state index in [1.807, 2.05) is 75.9 Å². The highest BCUT2D eigenvalue weighted by Gasteiger charge is 2.23. The van der Waals surface area contributed by atoms with Gasteiger partial charge in [-0.3, -0.25) is 0 Å². The van der Waals surface area contributed by atoms with Gasteiger partial charge in [-0.2, -0.15) is 0 Å². The Labute approximate surface area is 223 Å². The first kappa shape index (κ1) is 24.1. The van der Waals surface area contributed by atoms with Crippen LogP contribution in [0.3, 0.4) is 0 Å². The third-order valence-corrected chi connectivity index (χ3v) is 6.78. The average Bonchev–Trinajstić information content (AvgIpc) is 3.49. The largest absolute Gasteiger partial charge is 0.508 e. The fourth-order valence-corrected chi connectivity index (χ4v) is 4.99. The predicted octanol–water partition coefficient (Wildman–Crippen LogP) is 6.32. The van der Waals surface area contributed by atoms with Crippen molar-refractivity contribution in [1.82, 2.24) is 9.13 Å². The van der Waals surface area contributed by atoms with Gasteiger partial charge in [-0.1, -0.05) is 66.7 Å². The van der Waals surface area contributed by atoms with Crippen LogP contribution in [0.1, 0.15) is 31.8 Å². The zero-order valence-corrected chi connectivity index (χ0v) is 20.8. The van der Waals surface area contributed by atoms with Gasteiger partial charge in [0.25, 0.3) is 0 Å². The van der Waals surface area contributed by atoms with E-state index >= 15 is 0 Å². The van der Waals surface area contributed by atoms with Gasteiger partial charge in [0.2, 0.25) is 0 Å². The second-order valence-electron chi connectivity index (χ2n) is 9.36. The van der Waals surface area contributed by atoms with E-state index in [1.54, 1.807) is 36.7 Å². The predicted molar refractivity (Wildman–Crippen MR) is 149 cm³/mol. The molecule has 0 atom stereocenters. The normalized spacial score (nSPS) is 11.2. The second-order valence-corrected chi connectivity index (χ2v) is 9.36. The Hall–Kier alpha value is -5.30. The lowest BCUT2D eigenvalue weighted by Gasteiger charge is -2.08. The summed E-state index contributed by atoms with van der Waals surface area (Å²) in [6.45, 7) is 0.966. The molecule has 0 bridgehead atoms. The minimum Gasteiger partial charge on any atom is -0.508 e. The van der Waals surface area contributed by atoms with Crippen LogP contribution in [-0.2, 0) is 13.1 Å². The fourth-order valence-electron chi connectivity index (χ4n) is 4.99. The number of hydrogen-bond acceptors (Lipinski definition) is 4. The molecule has 2 heterocycles. The van der Waals surface area contributed by atoms with Crippen LogP contribution >= 0.6 is 0 Å². The molecule has 0 unspecified atom stereocenters. The summed E-state index contributed by atoms with van der Waals surface area (Å²) in [5.41, 5.74) is 3.76. The number of aromatic carboxylic acids is 1. The van der Waals surface area contributed by atoms with Gasteiger partial charge >= 0.3 is 11.9 Å². The molecule has 0 spiro atoms. The molecule has 7 heteroatoms. The van der Waals surface area contributed by atoms with E-state index in [1.165, 1.54) is 6.07 Å². The maximum atomic E-state index is 13.5. The molecule has 0 saturated carbocycles. The summed E-state index contributed by atoms with van der Waals surface area (Å²) >= 11 is 0. The van der Waals surface area contributed by atoms with Gasteiger partial charge in [-0.15, -0.1) is 0 Å². The molecule has 6 aromatic rings. The van der Waals surface area contributed by atoms with Gasteiger partial charge in [0.1, 0.15) is 11.5 Å². The number of aromatic hydroxyl groups is 1. The van der Waals surface area contributed by atoms with E-state index < -0.39 is 11.9 Å². The minimum atomic E-state index is -1.11. The van der Waals surface area contributed by atoms with Gasteiger partial charge in [0.15, 0.2) is 0 Å². The minimum absolute atomic E-state index is 0.0563. The van der Waals surface area contributed by atoms with Crippen LogP contribution in [-0.4, -0.2) is 31.3 Å². The van der Waals surface area contributed by atoms with Crippen molar-refractivity contribution in [3.8, 4) is 11.5 Å². The van der Waals surface area contributed by atoms with Crippen molar-refractivity contribution in [2.45, 2.75) is 13.1 Å². The van der Waals surface area contributed by atoms with Gasteiger partial charge < -0.3 is 24.1 Å². The van der Waals surface area contributed by atoms with Gasteiger partial charge in [0, 0.05) is 36.9 Å². The molecule has 0 radical (unpaired) electrons. The molecule has 0 fully saturated rings. The number of carboxylic acids is 1.